The van der Waals surface area contributed by atoms with Gasteiger partial charge >= 0.3 is 5.97 Å². The Kier molecular flexibility index (Phi) is 3.71. The molecule has 0 spiro atoms. The highest BCUT2D eigenvalue weighted by atomic mass is 35.5. The predicted molar refractivity (Wildman–Crippen MR) is 67.9 cm³/mol. The van der Waals surface area contributed by atoms with Crippen LogP contribution in [0, 0.1) is 5.41 Å². The van der Waals surface area contributed by atoms with Crippen LogP contribution in [0.15, 0.2) is 12.4 Å². The minimum atomic E-state index is -0.817. The molecule has 1 saturated heterocycles. The number of rotatable bonds is 2. The van der Waals surface area contributed by atoms with Crippen molar-refractivity contribution < 1.29 is 14.7 Å². The maximum absolute atomic E-state index is 12.2. The molecule has 0 bridgehead atoms. The highest BCUT2D eigenvalue weighted by molar-refractivity contribution is 6.29. The number of hydrogen-bond donors (Lipinski definition) is 1. The molecule has 1 aromatic heterocycles. The first-order chi connectivity index (χ1) is 8.92. The van der Waals surface area contributed by atoms with Crippen LogP contribution in [0.1, 0.15) is 30.3 Å². The molecule has 1 N–H and O–H groups in total. The lowest BCUT2D eigenvalue weighted by Gasteiger charge is -2.36. The van der Waals surface area contributed by atoms with Crippen molar-refractivity contribution in [3.05, 3.63) is 23.2 Å². The zero-order chi connectivity index (χ0) is 14.0. The van der Waals surface area contributed by atoms with Crippen molar-refractivity contribution in [1.82, 2.24) is 14.9 Å². The number of halogens is 1. The van der Waals surface area contributed by atoms with Gasteiger partial charge in [0.1, 0.15) is 10.8 Å². The van der Waals surface area contributed by atoms with E-state index in [1.165, 1.54) is 12.4 Å². The fourth-order valence-electron chi connectivity index (χ4n) is 2.02. The molecular formula is C12H14ClN3O3. The monoisotopic (exact) mass is 283 g/mol. The number of hydrogen-bond acceptors (Lipinski definition) is 4. The first-order valence-corrected chi connectivity index (χ1v) is 6.30. The minimum absolute atomic E-state index is 0.165. The number of carboxylic acids is 1. The van der Waals surface area contributed by atoms with E-state index in [1.807, 2.05) is 0 Å². The van der Waals surface area contributed by atoms with Crippen molar-refractivity contribution in [2.24, 2.45) is 5.41 Å². The molecule has 1 fully saturated rings. The summed E-state index contributed by atoms with van der Waals surface area (Å²) in [5.41, 5.74) is -0.567. The SMILES string of the molecule is CC1(C(=O)O)CCN(C(=O)c2cncc(Cl)n2)CC1. The largest absolute Gasteiger partial charge is 0.481 e. The average molecular weight is 284 g/mol. The van der Waals surface area contributed by atoms with Crippen LogP contribution < -0.4 is 0 Å². The molecule has 0 radical (unpaired) electrons. The fourth-order valence-corrected chi connectivity index (χ4v) is 2.17. The summed E-state index contributed by atoms with van der Waals surface area (Å²) in [6, 6.07) is 0. The quantitative estimate of drug-likeness (QED) is 0.888. The summed E-state index contributed by atoms with van der Waals surface area (Å²) in [5, 5.41) is 9.30. The summed E-state index contributed by atoms with van der Waals surface area (Å²) in [4.78, 5) is 32.6. The van der Waals surface area contributed by atoms with Gasteiger partial charge in [0.2, 0.25) is 0 Å². The zero-order valence-electron chi connectivity index (χ0n) is 10.5. The third-order valence-electron chi connectivity index (χ3n) is 3.49. The smallest absolute Gasteiger partial charge is 0.309 e. The Hall–Kier alpha value is -1.69. The number of nitrogens with zero attached hydrogens (tertiary/aromatic N) is 3. The number of carbonyl (C=O) groups is 2. The molecule has 19 heavy (non-hydrogen) atoms. The van der Waals surface area contributed by atoms with Crippen LogP contribution >= 0.6 is 11.6 Å². The van der Waals surface area contributed by atoms with Gasteiger partial charge in [0.15, 0.2) is 0 Å². The van der Waals surface area contributed by atoms with Crippen LogP contribution in [0.5, 0.6) is 0 Å². The highest BCUT2D eigenvalue weighted by Gasteiger charge is 2.38. The summed E-state index contributed by atoms with van der Waals surface area (Å²) >= 11 is 5.69. The zero-order valence-corrected chi connectivity index (χ0v) is 11.2. The van der Waals surface area contributed by atoms with E-state index >= 15 is 0 Å². The summed E-state index contributed by atoms with van der Waals surface area (Å²) in [7, 11) is 0. The van der Waals surface area contributed by atoms with E-state index in [0.717, 1.165) is 0 Å². The molecule has 7 heteroatoms. The molecule has 1 aromatic rings. The van der Waals surface area contributed by atoms with Gasteiger partial charge in [0.25, 0.3) is 5.91 Å². The van der Waals surface area contributed by atoms with Crippen LogP contribution in [-0.4, -0.2) is 44.9 Å². The Balaban J connectivity index is 2.06. The van der Waals surface area contributed by atoms with Crippen LogP contribution in [0.25, 0.3) is 0 Å². The molecule has 0 atom stereocenters. The summed E-state index contributed by atoms with van der Waals surface area (Å²) < 4.78 is 0. The van der Waals surface area contributed by atoms with E-state index < -0.39 is 11.4 Å². The normalized spacial score (nSPS) is 18.1. The van der Waals surface area contributed by atoms with E-state index in [9.17, 15) is 9.59 Å². The molecule has 2 rings (SSSR count). The lowest BCUT2D eigenvalue weighted by atomic mass is 9.80. The maximum Gasteiger partial charge on any atom is 0.309 e. The number of likely N-dealkylation sites (tertiary alicyclic amines) is 1. The van der Waals surface area contributed by atoms with E-state index in [4.69, 9.17) is 16.7 Å². The summed E-state index contributed by atoms with van der Waals surface area (Å²) in [6.07, 6.45) is 3.58. The van der Waals surface area contributed by atoms with Crippen LogP contribution in [0.2, 0.25) is 5.15 Å². The Bertz CT molecular complexity index is 513. The van der Waals surface area contributed by atoms with Crippen molar-refractivity contribution in [2.75, 3.05) is 13.1 Å². The lowest BCUT2D eigenvalue weighted by molar-refractivity contribution is -0.150. The van der Waals surface area contributed by atoms with Gasteiger partial charge in [-0.15, -0.1) is 0 Å². The Morgan fingerprint density at radius 2 is 2.00 bits per heavy atom. The number of piperidine rings is 1. The van der Waals surface area contributed by atoms with Gasteiger partial charge in [-0.1, -0.05) is 11.6 Å². The van der Waals surface area contributed by atoms with Crippen LogP contribution in [0.4, 0.5) is 0 Å². The molecule has 1 aliphatic rings. The molecule has 2 heterocycles. The first kappa shape index (κ1) is 13.7. The van der Waals surface area contributed by atoms with E-state index in [2.05, 4.69) is 9.97 Å². The second kappa shape index (κ2) is 5.13. The standard InChI is InChI=1S/C12H14ClN3O3/c1-12(11(18)19)2-4-16(5-3-12)10(17)8-6-14-7-9(13)15-8/h6-7H,2-5H2,1H3,(H,18,19). The van der Waals surface area contributed by atoms with Gasteiger partial charge in [-0.25, -0.2) is 4.98 Å². The first-order valence-electron chi connectivity index (χ1n) is 5.92. The number of aliphatic carboxylic acids is 1. The van der Waals surface area contributed by atoms with Crippen LogP contribution in [0.3, 0.4) is 0 Å². The van der Waals surface area contributed by atoms with Gasteiger partial charge in [-0.05, 0) is 19.8 Å². The van der Waals surface area contributed by atoms with Crippen molar-refractivity contribution >= 4 is 23.5 Å². The van der Waals surface area contributed by atoms with Crippen molar-refractivity contribution in [1.29, 1.82) is 0 Å². The van der Waals surface area contributed by atoms with Gasteiger partial charge in [0, 0.05) is 13.1 Å². The molecule has 0 saturated carbocycles. The second-order valence-electron chi connectivity index (χ2n) is 4.89. The average Bonchev–Trinajstić information content (AvgIpc) is 2.38. The topological polar surface area (TPSA) is 83.4 Å². The number of aromatic nitrogens is 2. The van der Waals surface area contributed by atoms with Crippen molar-refractivity contribution in [3.8, 4) is 0 Å². The third kappa shape index (κ3) is 2.84. The Morgan fingerprint density at radius 3 is 2.53 bits per heavy atom. The third-order valence-corrected chi connectivity index (χ3v) is 3.68. The maximum atomic E-state index is 12.2. The van der Waals surface area contributed by atoms with Gasteiger partial charge < -0.3 is 10.0 Å². The number of carboxylic acid groups (broad SMARTS) is 1. The van der Waals surface area contributed by atoms with Crippen LogP contribution in [-0.2, 0) is 4.79 Å². The number of amides is 1. The van der Waals surface area contributed by atoms with Gasteiger partial charge in [-0.2, -0.15) is 0 Å². The van der Waals surface area contributed by atoms with E-state index in [0.29, 0.717) is 25.9 Å². The Labute approximate surface area is 115 Å². The summed E-state index contributed by atoms with van der Waals surface area (Å²) in [6.45, 7) is 2.50. The molecule has 1 aliphatic heterocycles. The molecule has 0 aromatic carbocycles. The van der Waals surface area contributed by atoms with E-state index in [-0.39, 0.29) is 16.8 Å². The summed E-state index contributed by atoms with van der Waals surface area (Å²) in [5.74, 6) is -1.08. The highest BCUT2D eigenvalue weighted by Crippen LogP contribution is 2.31. The molecule has 1 amide bonds. The lowest BCUT2D eigenvalue weighted by Crippen LogP contribution is -2.45. The molecular weight excluding hydrogens is 270 g/mol. The van der Waals surface area contributed by atoms with Crippen molar-refractivity contribution in [3.63, 3.8) is 0 Å². The Morgan fingerprint density at radius 1 is 1.37 bits per heavy atom. The number of carbonyl (C=O) groups excluding carboxylic acids is 1. The van der Waals surface area contributed by atoms with Gasteiger partial charge in [-0.3, -0.25) is 14.6 Å². The minimum Gasteiger partial charge on any atom is -0.481 e. The molecule has 0 aliphatic carbocycles. The molecule has 6 nitrogen and oxygen atoms in total. The van der Waals surface area contributed by atoms with Gasteiger partial charge in [0.05, 0.1) is 17.8 Å². The van der Waals surface area contributed by atoms with E-state index in [1.54, 1.807) is 11.8 Å². The molecule has 102 valence electrons. The second-order valence-corrected chi connectivity index (χ2v) is 5.27. The molecule has 0 unspecified atom stereocenters. The predicted octanol–water partition coefficient (Wildman–Crippen LogP) is 1.46. The fraction of sp³-hybridized carbons (Fsp3) is 0.500. The van der Waals surface area contributed by atoms with Crippen molar-refractivity contribution in [2.45, 2.75) is 19.8 Å².